The molecule has 1 unspecified atom stereocenters. The van der Waals surface area contributed by atoms with Crippen LogP contribution in [0, 0.1) is 0 Å². The van der Waals surface area contributed by atoms with Crippen molar-refractivity contribution < 1.29 is 13.2 Å². The molecule has 1 saturated heterocycles. The molecule has 1 fully saturated rings. The number of amides is 1. The third kappa shape index (κ3) is 4.86. The second-order valence-electron chi connectivity index (χ2n) is 6.28. The number of carbonyl (C=O) groups is 1. The van der Waals surface area contributed by atoms with Gasteiger partial charge in [0.1, 0.15) is 0 Å². The molecule has 1 rings (SSSR count). The van der Waals surface area contributed by atoms with E-state index in [-0.39, 0.29) is 18.5 Å². The molecule has 0 aromatic rings. The topological polar surface area (TPSA) is 90.9 Å². The molecule has 1 amide bonds. The summed E-state index contributed by atoms with van der Waals surface area (Å²) in [4.78, 5) is 17.6. The Morgan fingerprint density at radius 1 is 1.41 bits per heavy atom. The van der Waals surface area contributed by atoms with Crippen LogP contribution < -0.4 is 10.6 Å². The summed E-state index contributed by atoms with van der Waals surface area (Å²) in [6.45, 7) is 6.89. The number of carbonyl (C=O) groups excluding carboxylic acids is 1. The number of rotatable bonds is 5. The van der Waals surface area contributed by atoms with Gasteiger partial charge in [-0.15, -0.1) is 0 Å². The number of hydrogen-bond donors (Lipinski definition) is 2. The van der Waals surface area contributed by atoms with E-state index < -0.39 is 14.6 Å². The van der Waals surface area contributed by atoms with Crippen molar-refractivity contribution in [2.45, 2.75) is 44.4 Å². The maximum Gasteiger partial charge on any atom is 0.222 e. The molecule has 1 heterocycles. The van der Waals surface area contributed by atoms with Crippen LogP contribution in [0.15, 0.2) is 4.99 Å². The number of likely N-dealkylation sites (tertiary alicyclic amines) is 1. The molecule has 0 aliphatic carbocycles. The molecule has 1 atom stereocenters. The molecule has 0 bridgehead atoms. The monoisotopic (exact) mass is 332 g/mol. The van der Waals surface area contributed by atoms with Gasteiger partial charge in [-0.05, 0) is 20.3 Å². The smallest absolute Gasteiger partial charge is 0.222 e. The zero-order valence-electron chi connectivity index (χ0n) is 14.1. The van der Waals surface area contributed by atoms with Gasteiger partial charge in [-0.1, -0.05) is 6.92 Å². The average molecular weight is 332 g/mol. The maximum atomic E-state index is 11.7. The highest BCUT2D eigenvalue weighted by molar-refractivity contribution is 7.92. The molecular formula is C14H28N4O3S. The van der Waals surface area contributed by atoms with Crippen LogP contribution in [-0.2, 0) is 14.6 Å². The Bertz CT molecular complexity index is 528. The molecule has 0 aromatic heterocycles. The number of sulfone groups is 1. The predicted octanol–water partition coefficient (Wildman–Crippen LogP) is -0.0145. The van der Waals surface area contributed by atoms with Crippen molar-refractivity contribution in [3.8, 4) is 0 Å². The number of aliphatic imine (C=N–C) groups is 1. The first-order valence-corrected chi connectivity index (χ1v) is 9.44. The Hall–Kier alpha value is -1.31. The van der Waals surface area contributed by atoms with E-state index in [1.807, 2.05) is 11.8 Å². The van der Waals surface area contributed by atoms with Crippen LogP contribution in [0.5, 0.6) is 0 Å². The number of nitrogens with zero attached hydrogens (tertiary/aromatic N) is 2. The van der Waals surface area contributed by atoms with E-state index in [1.54, 1.807) is 20.9 Å². The van der Waals surface area contributed by atoms with E-state index in [4.69, 9.17) is 0 Å². The summed E-state index contributed by atoms with van der Waals surface area (Å²) < 4.78 is 22.5. The minimum Gasteiger partial charge on any atom is -0.355 e. The highest BCUT2D eigenvalue weighted by atomic mass is 32.2. The largest absolute Gasteiger partial charge is 0.355 e. The molecule has 0 saturated carbocycles. The van der Waals surface area contributed by atoms with Gasteiger partial charge in [0, 0.05) is 45.4 Å². The molecule has 1 aliphatic heterocycles. The number of hydrogen-bond acceptors (Lipinski definition) is 4. The lowest BCUT2D eigenvalue weighted by atomic mass is 10.2. The fourth-order valence-electron chi connectivity index (χ4n) is 2.14. The lowest BCUT2D eigenvalue weighted by Crippen LogP contribution is -2.50. The zero-order valence-corrected chi connectivity index (χ0v) is 15.0. The normalized spacial score (nSPS) is 20.1. The predicted molar refractivity (Wildman–Crippen MR) is 88.7 cm³/mol. The van der Waals surface area contributed by atoms with Crippen LogP contribution in [0.3, 0.4) is 0 Å². The molecular weight excluding hydrogens is 304 g/mol. The molecule has 7 nitrogen and oxygen atoms in total. The molecule has 0 spiro atoms. The average Bonchev–Trinajstić information content (AvgIpc) is 2.89. The van der Waals surface area contributed by atoms with Crippen molar-refractivity contribution in [1.29, 1.82) is 0 Å². The van der Waals surface area contributed by atoms with Crippen molar-refractivity contribution in [2.24, 2.45) is 4.99 Å². The van der Waals surface area contributed by atoms with Crippen LogP contribution >= 0.6 is 0 Å². The minimum absolute atomic E-state index is 0.142. The Morgan fingerprint density at radius 2 is 2.05 bits per heavy atom. The Kier molecular flexibility index (Phi) is 6.22. The summed E-state index contributed by atoms with van der Waals surface area (Å²) in [5, 5.41) is 6.31. The lowest BCUT2D eigenvalue weighted by molar-refractivity contribution is -0.129. The van der Waals surface area contributed by atoms with E-state index in [0.717, 1.165) is 13.0 Å². The maximum absolute atomic E-state index is 11.7. The third-order valence-corrected chi connectivity index (χ3v) is 6.25. The summed E-state index contributed by atoms with van der Waals surface area (Å²) in [6, 6.07) is 0.142. The van der Waals surface area contributed by atoms with Crippen molar-refractivity contribution in [1.82, 2.24) is 15.5 Å². The van der Waals surface area contributed by atoms with Crippen molar-refractivity contribution in [3.63, 3.8) is 0 Å². The lowest BCUT2D eigenvalue weighted by Gasteiger charge is -2.25. The van der Waals surface area contributed by atoms with E-state index in [9.17, 15) is 13.2 Å². The number of guanidine groups is 1. The van der Waals surface area contributed by atoms with Gasteiger partial charge in [0.05, 0.1) is 4.75 Å². The quantitative estimate of drug-likeness (QED) is 0.546. The van der Waals surface area contributed by atoms with E-state index in [0.29, 0.717) is 18.9 Å². The second-order valence-corrected chi connectivity index (χ2v) is 8.93. The van der Waals surface area contributed by atoms with Crippen LogP contribution in [0.1, 0.15) is 33.6 Å². The second kappa shape index (κ2) is 7.30. The summed E-state index contributed by atoms with van der Waals surface area (Å²) in [5.41, 5.74) is 0. The molecule has 22 heavy (non-hydrogen) atoms. The summed E-state index contributed by atoms with van der Waals surface area (Å²) in [6.07, 6.45) is 2.61. The van der Waals surface area contributed by atoms with E-state index in [2.05, 4.69) is 15.6 Å². The Morgan fingerprint density at radius 3 is 2.55 bits per heavy atom. The van der Waals surface area contributed by atoms with Gasteiger partial charge in [-0.2, -0.15) is 0 Å². The number of nitrogens with one attached hydrogen (secondary N) is 2. The SMILES string of the molecule is CCC(=O)N1CCC(NC(=NC)NCC(C)(C)S(C)(=O)=O)C1. The molecule has 128 valence electrons. The third-order valence-electron chi connectivity index (χ3n) is 4.09. The van der Waals surface area contributed by atoms with Gasteiger partial charge in [-0.25, -0.2) is 8.42 Å². The zero-order chi connectivity index (χ0) is 17.0. The van der Waals surface area contributed by atoms with Gasteiger partial charge in [0.25, 0.3) is 0 Å². The van der Waals surface area contributed by atoms with Gasteiger partial charge in [-0.3, -0.25) is 9.79 Å². The first-order valence-electron chi connectivity index (χ1n) is 7.55. The fraction of sp³-hybridized carbons (Fsp3) is 0.857. The minimum atomic E-state index is -3.16. The van der Waals surface area contributed by atoms with Gasteiger partial charge >= 0.3 is 0 Å². The van der Waals surface area contributed by atoms with Gasteiger partial charge < -0.3 is 15.5 Å². The summed E-state index contributed by atoms with van der Waals surface area (Å²) >= 11 is 0. The van der Waals surface area contributed by atoms with Crippen LogP contribution in [0.25, 0.3) is 0 Å². The summed E-state index contributed by atoms with van der Waals surface area (Å²) in [5.74, 6) is 0.720. The molecule has 0 aromatic carbocycles. The first-order chi connectivity index (χ1) is 10.1. The highest BCUT2D eigenvalue weighted by Crippen LogP contribution is 2.14. The fourth-order valence-corrected chi connectivity index (χ4v) is 2.48. The highest BCUT2D eigenvalue weighted by Gasteiger charge is 2.31. The van der Waals surface area contributed by atoms with E-state index >= 15 is 0 Å². The summed E-state index contributed by atoms with van der Waals surface area (Å²) in [7, 11) is -1.51. The van der Waals surface area contributed by atoms with Crippen LogP contribution in [-0.4, -0.2) is 68.9 Å². The van der Waals surface area contributed by atoms with Crippen LogP contribution in [0.4, 0.5) is 0 Å². The van der Waals surface area contributed by atoms with E-state index in [1.165, 1.54) is 6.26 Å². The molecule has 8 heteroatoms. The van der Waals surface area contributed by atoms with Crippen molar-refractivity contribution in [3.05, 3.63) is 0 Å². The molecule has 0 radical (unpaired) electrons. The van der Waals surface area contributed by atoms with Crippen molar-refractivity contribution >= 4 is 21.7 Å². The molecule has 2 N–H and O–H groups in total. The molecule has 1 aliphatic rings. The standard InChI is InChI=1S/C14H28N4O3S/c1-6-12(19)18-8-7-11(9-18)17-13(15-4)16-10-14(2,3)22(5,20)21/h11H,6-10H2,1-5H3,(H2,15,16,17). The Balaban J connectivity index is 2.53. The Labute approximate surface area is 133 Å². The van der Waals surface area contributed by atoms with Gasteiger partial charge in [0.2, 0.25) is 5.91 Å². The van der Waals surface area contributed by atoms with Crippen LogP contribution in [0.2, 0.25) is 0 Å². The van der Waals surface area contributed by atoms with Crippen molar-refractivity contribution in [2.75, 3.05) is 32.9 Å². The van der Waals surface area contributed by atoms with Gasteiger partial charge in [0.15, 0.2) is 15.8 Å². The first kappa shape index (κ1) is 18.7.